The third-order valence-electron chi connectivity index (χ3n) is 6.01. The number of benzene rings is 2. The zero-order chi connectivity index (χ0) is 21.1. The number of nitrogens with zero attached hydrogens (tertiary/aromatic N) is 1. The van der Waals surface area contributed by atoms with E-state index >= 15 is 0 Å². The minimum absolute atomic E-state index is 0.0841. The van der Waals surface area contributed by atoms with E-state index in [2.05, 4.69) is 22.1 Å². The molecule has 1 fully saturated rings. The highest BCUT2D eigenvalue weighted by Gasteiger charge is 2.23. The van der Waals surface area contributed by atoms with Crippen LogP contribution < -0.4 is 4.74 Å². The Morgan fingerprint density at radius 2 is 1.87 bits per heavy atom. The molecule has 2 aromatic carbocycles. The first-order chi connectivity index (χ1) is 14.5. The van der Waals surface area contributed by atoms with E-state index in [-0.39, 0.29) is 10.6 Å². The zero-order valence-corrected chi connectivity index (χ0v) is 17.9. The van der Waals surface area contributed by atoms with Gasteiger partial charge in [0.1, 0.15) is 11.6 Å². The Bertz CT molecular complexity index is 1100. The van der Waals surface area contributed by atoms with Crippen molar-refractivity contribution < 1.29 is 17.5 Å². The molecule has 0 spiro atoms. The van der Waals surface area contributed by atoms with Gasteiger partial charge in [-0.25, -0.2) is 12.8 Å². The average Bonchev–Trinajstić information content (AvgIpc) is 3.17. The summed E-state index contributed by atoms with van der Waals surface area (Å²) in [6.07, 6.45) is 4.79. The first-order valence-corrected chi connectivity index (χ1v) is 12.0. The Morgan fingerprint density at radius 1 is 1.13 bits per heavy atom. The van der Waals surface area contributed by atoms with Gasteiger partial charge in [-0.2, -0.15) is 0 Å². The summed E-state index contributed by atoms with van der Waals surface area (Å²) in [5.74, 6) is 1.01. The Kier molecular flexibility index (Phi) is 6.11. The van der Waals surface area contributed by atoms with Crippen LogP contribution in [0, 0.1) is 5.82 Å². The molecular weight excluding hydrogens is 403 g/mol. The normalized spacial score (nSPS) is 16.2. The maximum atomic E-state index is 13.0. The van der Waals surface area contributed by atoms with Gasteiger partial charge in [0.25, 0.3) is 0 Å². The number of H-pyrrole nitrogens is 1. The van der Waals surface area contributed by atoms with Crippen LogP contribution in [0.3, 0.4) is 0 Å². The summed E-state index contributed by atoms with van der Waals surface area (Å²) in [5.41, 5.74) is 2.46. The molecular formula is C23H27FN2O3S. The van der Waals surface area contributed by atoms with Gasteiger partial charge in [-0.05, 0) is 92.8 Å². The highest BCUT2D eigenvalue weighted by molar-refractivity contribution is 7.91. The van der Waals surface area contributed by atoms with E-state index in [9.17, 15) is 12.8 Å². The summed E-state index contributed by atoms with van der Waals surface area (Å²) in [6.45, 7) is 2.67. The summed E-state index contributed by atoms with van der Waals surface area (Å²) in [5, 5.41) is 1.22. The molecule has 1 aliphatic heterocycles. The molecule has 0 unspecified atom stereocenters. The molecule has 2 heterocycles. The second-order valence-electron chi connectivity index (χ2n) is 7.90. The molecule has 160 valence electrons. The van der Waals surface area contributed by atoms with Crippen molar-refractivity contribution in [3.63, 3.8) is 0 Å². The third kappa shape index (κ3) is 4.52. The van der Waals surface area contributed by atoms with Crippen molar-refractivity contribution in [3.8, 4) is 5.75 Å². The smallest absolute Gasteiger partial charge is 0.178 e. The molecule has 3 aromatic rings. The molecule has 0 atom stereocenters. The number of likely N-dealkylation sites (tertiary alicyclic amines) is 1. The van der Waals surface area contributed by atoms with Gasteiger partial charge >= 0.3 is 0 Å². The van der Waals surface area contributed by atoms with Gasteiger partial charge in [0.15, 0.2) is 9.84 Å². The summed E-state index contributed by atoms with van der Waals surface area (Å²) < 4.78 is 43.2. The topological polar surface area (TPSA) is 62.4 Å². The number of hydrogen-bond acceptors (Lipinski definition) is 4. The van der Waals surface area contributed by atoms with E-state index < -0.39 is 15.7 Å². The summed E-state index contributed by atoms with van der Waals surface area (Å²) in [4.78, 5) is 5.89. The molecule has 1 aromatic heterocycles. The van der Waals surface area contributed by atoms with E-state index in [0.717, 1.165) is 43.7 Å². The van der Waals surface area contributed by atoms with Crippen molar-refractivity contribution in [1.82, 2.24) is 9.88 Å². The molecule has 1 saturated heterocycles. The first-order valence-electron chi connectivity index (χ1n) is 10.3. The standard InChI is InChI=1S/C23H27FN2O3S/c1-29-19-5-8-23-21(15-19)22(16-25-23)17-9-12-26(13-10-17)11-2-14-30(27,28)20-6-3-18(24)4-7-20/h3-8,15-17,25H,2,9-14H2,1H3. The van der Waals surface area contributed by atoms with Crippen LogP contribution in [0.15, 0.2) is 53.6 Å². The minimum Gasteiger partial charge on any atom is -0.497 e. The van der Waals surface area contributed by atoms with Gasteiger partial charge in [-0.3, -0.25) is 0 Å². The number of ether oxygens (including phenoxy) is 1. The fraction of sp³-hybridized carbons (Fsp3) is 0.391. The molecule has 1 N–H and O–H groups in total. The summed E-state index contributed by atoms with van der Waals surface area (Å²) in [6, 6.07) is 11.2. The van der Waals surface area contributed by atoms with Crippen molar-refractivity contribution in [3.05, 3.63) is 60.0 Å². The lowest BCUT2D eigenvalue weighted by Gasteiger charge is -2.32. The van der Waals surface area contributed by atoms with E-state index in [1.807, 2.05) is 12.1 Å². The number of sulfone groups is 1. The van der Waals surface area contributed by atoms with Crippen molar-refractivity contribution >= 4 is 20.7 Å². The average molecular weight is 431 g/mol. The Hall–Kier alpha value is -2.38. The van der Waals surface area contributed by atoms with Crippen LogP contribution in [0.5, 0.6) is 5.75 Å². The Balaban J connectivity index is 1.30. The summed E-state index contributed by atoms with van der Waals surface area (Å²) in [7, 11) is -1.68. The predicted molar refractivity (Wildman–Crippen MR) is 116 cm³/mol. The van der Waals surface area contributed by atoms with Gasteiger partial charge in [0, 0.05) is 17.1 Å². The zero-order valence-electron chi connectivity index (χ0n) is 17.1. The second-order valence-corrected chi connectivity index (χ2v) is 10.0. The summed E-state index contributed by atoms with van der Waals surface area (Å²) >= 11 is 0. The van der Waals surface area contributed by atoms with Crippen LogP contribution in [0.25, 0.3) is 10.9 Å². The van der Waals surface area contributed by atoms with E-state index in [1.54, 1.807) is 7.11 Å². The molecule has 0 amide bonds. The molecule has 4 rings (SSSR count). The van der Waals surface area contributed by atoms with Crippen LogP contribution >= 0.6 is 0 Å². The van der Waals surface area contributed by atoms with Crippen LogP contribution in [-0.2, 0) is 9.84 Å². The largest absolute Gasteiger partial charge is 0.497 e. The lowest BCUT2D eigenvalue weighted by atomic mass is 9.89. The highest BCUT2D eigenvalue weighted by Crippen LogP contribution is 2.34. The Labute approximate surface area is 176 Å². The van der Waals surface area contributed by atoms with E-state index in [4.69, 9.17) is 4.74 Å². The van der Waals surface area contributed by atoms with Crippen LogP contribution in [0.1, 0.15) is 30.7 Å². The Morgan fingerprint density at radius 3 is 2.57 bits per heavy atom. The van der Waals surface area contributed by atoms with Crippen LogP contribution in [0.2, 0.25) is 0 Å². The molecule has 0 saturated carbocycles. The van der Waals surface area contributed by atoms with Gasteiger partial charge in [-0.1, -0.05) is 0 Å². The first kappa shape index (κ1) is 20.9. The predicted octanol–water partition coefficient (Wildman–Crippen LogP) is 4.36. The van der Waals surface area contributed by atoms with Gasteiger partial charge in [-0.15, -0.1) is 0 Å². The van der Waals surface area contributed by atoms with Crippen LogP contribution in [0.4, 0.5) is 4.39 Å². The molecule has 7 heteroatoms. The number of aromatic amines is 1. The number of hydrogen-bond donors (Lipinski definition) is 1. The van der Waals surface area contributed by atoms with Gasteiger partial charge < -0.3 is 14.6 Å². The molecule has 0 radical (unpaired) electrons. The molecule has 5 nitrogen and oxygen atoms in total. The van der Waals surface area contributed by atoms with Gasteiger partial charge in [0.2, 0.25) is 0 Å². The number of aromatic nitrogens is 1. The number of halogens is 1. The fourth-order valence-electron chi connectivity index (χ4n) is 4.29. The number of methoxy groups -OCH3 is 1. The van der Waals surface area contributed by atoms with E-state index in [1.165, 1.54) is 35.2 Å². The van der Waals surface area contributed by atoms with Crippen molar-refractivity contribution in [2.75, 3.05) is 32.5 Å². The lowest BCUT2D eigenvalue weighted by Crippen LogP contribution is -2.34. The molecule has 1 aliphatic rings. The molecule has 0 aliphatic carbocycles. The highest BCUT2D eigenvalue weighted by atomic mass is 32.2. The molecule has 0 bridgehead atoms. The number of fused-ring (bicyclic) bond motifs is 1. The fourth-order valence-corrected chi connectivity index (χ4v) is 5.59. The van der Waals surface area contributed by atoms with Crippen molar-refractivity contribution in [1.29, 1.82) is 0 Å². The quantitative estimate of drug-likeness (QED) is 0.566. The maximum Gasteiger partial charge on any atom is 0.178 e. The van der Waals surface area contributed by atoms with Crippen molar-refractivity contribution in [2.45, 2.75) is 30.1 Å². The second kappa shape index (κ2) is 8.78. The van der Waals surface area contributed by atoms with E-state index in [0.29, 0.717) is 12.3 Å². The number of rotatable bonds is 7. The number of piperidine rings is 1. The van der Waals surface area contributed by atoms with Crippen molar-refractivity contribution in [2.24, 2.45) is 0 Å². The van der Waals surface area contributed by atoms with Gasteiger partial charge in [0.05, 0.1) is 17.8 Å². The SMILES string of the molecule is COc1ccc2[nH]cc(C3CCN(CCCS(=O)(=O)c4ccc(F)cc4)CC3)c2c1. The maximum absolute atomic E-state index is 13.0. The third-order valence-corrected chi connectivity index (χ3v) is 7.83. The number of nitrogens with one attached hydrogen (secondary N) is 1. The minimum atomic E-state index is -3.36. The lowest BCUT2D eigenvalue weighted by molar-refractivity contribution is 0.213. The monoisotopic (exact) mass is 430 g/mol. The van der Waals surface area contributed by atoms with Crippen LogP contribution in [-0.4, -0.2) is 50.8 Å². The molecule has 30 heavy (non-hydrogen) atoms.